The maximum Gasteiger partial charge on any atom is 0.130 e. The molecule has 15 heavy (non-hydrogen) atoms. The van der Waals surface area contributed by atoms with Gasteiger partial charge in [-0.25, -0.2) is 9.97 Å². The molecule has 0 spiro atoms. The van der Waals surface area contributed by atoms with E-state index in [0.717, 1.165) is 27.4 Å². The third kappa shape index (κ3) is 2.18. The molecule has 2 heterocycles. The highest BCUT2D eigenvalue weighted by molar-refractivity contribution is 9.10. The van der Waals surface area contributed by atoms with Crippen molar-refractivity contribution in [2.24, 2.45) is 0 Å². The number of nitrogens with zero attached hydrogens (tertiary/aromatic N) is 2. The number of aromatic nitrogens is 2. The summed E-state index contributed by atoms with van der Waals surface area (Å²) in [6, 6.07) is 1.94. The number of nitrogens with one attached hydrogen (secondary N) is 1. The van der Waals surface area contributed by atoms with Crippen LogP contribution in [0.4, 0.5) is 5.82 Å². The van der Waals surface area contributed by atoms with Crippen molar-refractivity contribution in [3.63, 3.8) is 0 Å². The molecular formula is C10H10BrN3S. The Labute approximate surface area is 101 Å². The van der Waals surface area contributed by atoms with Gasteiger partial charge in [0.25, 0.3) is 0 Å². The van der Waals surface area contributed by atoms with Crippen molar-refractivity contribution < 1.29 is 0 Å². The summed E-state index contributed by atoms with van der Waals surface area (Å²) in [5.41, 5.74) is 2.06. The summed E-state index contributed by atoms with van der Waals surface area (Å²) in [5.74, 6) is 1.62. The highest BCUT2D eigenvalue weighted by Gasteiger charge is 2.07. The summed E-state index contributed by atoms with van der Waals surface area (Å²) in [5, 5.41) is 7.15. The monoisotopic (exact) mass is 283 g/mol. The molecule has 2 aromatic heterocycles. The van der Waals surface area contributed by atoms with Crippen LogP contribution in [0.1, 0.15) is 5.82 Å². The molecule has 0 bridgehead atoms. The molecule has 0 saturated carbocycles. The number of thiophene rings is 1. The second-order valence-electron chi connectivity index (χ2n) is 3.07. The van der Waals surface area contributed by atoms with Gasteiger partial charge in [-0.05, 0) is 22.9 Å². The molecule has 0 aliphatic rings. The van der Waals surface area contributed by atoms with Crippen molar-refractivity contribution in [2.45, 2.75) is 6.92 Å². The van der Waals surface area contributed by atoms with Gasteiger partial charge in [0.05, 0.1) is 5.69 Å². The van der Waals surface area contributed by atoms with E-state index in [-0.39, 0.29) is 0 Å². The third-order valence-corrected chi connectivity index (χ3v) is 3.69. The smallest absolute Gasteiger partial charge is 0.130 e. The Kier molecular flexibility index (Phi) is 3.02. The van der Waals surface area contributed by atoms with Crippen LogP contribution in [0.5, 0.6) is 0 Å². The summed E-state index contributed by atoms with van der Waals surface area (Å²) < 4.78 is 1.08. The van der Waals surface area contributed by atoms with Crippen molar-refractivity contribution in [1.29, 1.82) is 0 Å². The third-order valence-electron chi connectivity index (χ3n) is 1.98. The largest absolute Gasteiger partial charge is 0.373 e. The molecule has 0 aliphatic heterocycles. The average molecular weight is 284 g/mol. The van der Waals surface area contributed by atoms with Gasteiger partial charge < -0.3 is 5.32 Å². The van der Waals surface area contributed by atoms with Crippen molar-refractivity contribution in [3.8, 4) is 11.3 Å². The Morgan fingerprint density at radius 1 is 1.33 bits per heavy atom. The SMILES string of the molecule is CNc1cc(-c2cscc2Br)nc(C)n1. The summed E-state index contributed by atoms with van der Waals surface area (Å²) in [4.78, 5) is 8.67. The summed E-state index contributed by atoms with van der Waals surface area (Å²) >= 11 is 5.16. The molecule has 78 valence electrons. The first-order valence-electron chi connectivity index (χ1n) is 4.46. The van der Waals surface area contributed by atoms with Gasteiger partial charge in [0.1, 0.15) is 11.6 Å². The second kappa shape index (κ2) is 4.28. The van der Waals surface area contributed by atoms with E-state index in [4.69, 9.17) is 0 Å². The Balaban J connectivity index is 2.53. The lowest BCUT2D eigenvalue weighted by Gasteiger charge is -2.04. The zero-order chi connectivity index (χ0) is 10.8. The molecule has 0 amide bonds. The van der Waals surface area contributed by atoms with Gasteiger partial charge in [-0.3, -0.25) is 0 Å². The normalized spacial score (nSPS) is 10.3. The average Bonchev–Trinajstić information content (AvgIpc) is 2.63. The maximum atomic E-state index is 4.41. The lowest BCUT2D eigenvalue weighted by atomic mass is 10.2. The molecule has 2 aromatic rings. The molecule has 5 heteroatoms. The van der Waals surface area contributed by atoms with Crippen LogP contribution >= 0.6 is 27.3 Å². The topological polar surface area (TPSA) is 37.8 Å². The lowest BCUT2D eigenvalue weighted by molar-refractivity contribution is 1.06. The maximum absolute atomic E-state index is 4.41. The van der Waals surface area contributed by atoms with Gasteiger partial charge in [0.15, 0.2) is 0 Å². The Bertz CT molecular complexity index is 481. The minimum absolute atomic E-state index is 0.773. The molecule has 0 aliphatic carbocycles. The first-order valence-corrected chi connectivity index (χ1v) is 6.20. The molecular weight excluding hydrogens is 274 g/mol. The Morgan fingerprint density at radius 2 is 2.13 bits per heavy atom. The molecule has 0 atom stereocenters. The molecule has 0 aromatic carbocycles. The first-order chi connectivity index (χ1) is 7.20. The fourth-order valence-corrected chi connectivity index (χ4v) is 2.79. The van der Waals surface area contributed by atoms with Crippen LogP contribution < -0.4 is 5.32 Å². The molecule has 0 unspecified atom stereocenters. The Hall–Kier alpha value is -0.940. The van der Waals surface area contributed by atoms with E-state index in [9.17, 15) is 0 Å². The van der Waals surface area contributed by atoms with Crippen LogP contribution in [0.3, 0.4) is 0 Å². The Morgan fingerprint density at radius 3 is 2.73 bits per heavy atom. The predicted octanol–water partition coefficient (Wildman–Crippen LogP) is 3.32. The van der Waals surface area contributed by atoms with Gasteiger partial charge in [-0.15, -0.1) is 0 Å². The summed E-state index contributed by atoms with van der Waals surface area (Å²) in [6.45, 7) is 1.89. The number of aryl methyl sites for hydroxylation is 1. The minimum Gasteiger partial charge on any atom is -0.373 e. The van der Waals surface area contributed by atoms with Crippen molar-refractivity contribution in [3.05, 3.63) is 27.1 Å². The van der Waals surface area contributed by atoms with E-state index in [2.05, 4.69) is 36.6 Å². The molecule has 1 N–H and O–H groups in total. The van der Waals surface area contributed by atoms with Gasteiger partial charge in [-0.2, -0.15) is 11.3 Å². The van der Waals surface area contributed by atoms with E-state index in [1.54, 1.807) is 11.3 Å². The van der Waals surface area contributed by atoms with Crippen LogP contribution in [0.2, 0.25) is 0 Å². The lowest BCUT2D eigenvalue weighted by Crippen LogP contribution is -1.97. The number of anilines is 1. The van der Waals surface area contributed by atoms with Gasteiger partial charge >= 0.3 is 0 Å². The van der Waals surface area contributed by atoms with Gasteiger partial charge in [-0.1, -0.05) is 0 Å². The van der Waals surface area contributed by atoms with Crippen molar-refractivity contribution in [1.82, 2.24) is 9.97 Å². The van der Waals surface area contributed by atoms with Crippen LogP contribution in [-0.2, 0) is 0 Å². The van der Waals surface area contributed by atoms with E-state index in [1.165, 1.54) is 0 Å². The zero-order valence-corrected chi connectivity index (χ0v) is 10.8. The summed E-state index contributed by atoms with van der Waals surface area (Å²) in [7, 11) is 1.86. The van der Waals surface area contributed by atoms with Gasteiger partial charge in [0, 0.05) is 33.9 Å². The van der Waals surface area contributed by atoms with Crippen molar-refractivity contribution >= 4 is 33.1 Å². The number of rotatable bonds is 2. The standard InChI is InChI=1S/C10H10BrN3S/c1-6-13-9(3-10(12-2)14-6)7-4-15-5-8(7)11/h3-5H,1-2H3,(H,12,13,14). The highest BCUT2D eigenvalue weighted by Crippen LogP contribution is 2.31. The minimum atomic E-state index is 0.773. The van der Waals surface area contributed by atoms with E-state index in [0.29, 0.717) is 0 Å². The molecule has 3 nitrogen and oxygen atoms in total. The van der Waals surface area contributed by atoms with Gasteiger partial charge in [0.2, 0.25) is 0 Å². The van der Waals surface area contributed by atoms with Crippen LogP contribution in [0.25, 0.3) is 11.3 Å². The molecule has 0 saturated heterocycles. The predicted molar refractivity (Wildman–Crippen MR) is 67.3 cm³/mol. The molecule has 0 fully saturated rings. The summed E-state index contributed by atoms with van der Waals surface area (Å²) in [6.07, 6.45) is 0. The van der Waals surface area contributed by atoms with Crippen LogP contribution in [0, 0.1) is 6.92 Å². The van der Waals surface area contributed by atoms with E-state index < -0.39 is 0 Å². The van der Waals surface area contributed by atoms with Crippen LogP contribution in [0.15, 0.2) is 21.3 Å². The van der Waals surface area contributed by atoms with E-state index in [1.807, 2.05) is 25.4 Å². The highest BCUT2D eigenvalue weighted by atomic mass is 79.9. The molecule has 2 rings (SSSR count). The fourth-order valence-electron chi connectivity index (χ4n) is 1.30. The molecule has 0 radical (unpaired) electrons. The second-order valence-corrected chi connectivity index (χ2v) is 4.67. The number of hydrogen-bond donors (Lipinski definition) is 1. The fraction of sp³-hybridized carbons (Fsp3) is 0.200. The van der Waals surface area contributed by atoms with E-state index >= 15 is 0 Å². The number of halogens is 1. The first kappa shape index (κ1) is 10.6. The zero-order valence-electron chi connectivity index (χ0n) is 8.41. The van der Waals surface area contributed by atoms with Crippen LogP contribution in [-0.4, -0.2) is 17.0 Å². The number of hydrogen-bond acceptors (Lipinski definition) is 4. The quantitative estimate of drug-likeness (QED) is 0.919. The van der Waals surface area contributed by atoms with Crippen molar-refractivity contribution in [2.75, 3.05) is 12.4 Å².